The van der Waals surface area contributed by atoms with E-state index in [4.69, 9.17) is 4.74 Å². The van der Waals surface area contributed by atoms with Gasteiger partial charge in [-0.3, -0.25) is 9.59 Å². The summed E-state index contributed by atoms with van der Waals surface area (Å²) in [4.78, 5) is 38.5. The van der Waals surface area contributed by atoms with E-state index in [1.807, 2.05) is 6.92 Å². The topological polar surface area (TPSA) is 105 Å². The molecule has 0 saturated carbocycles. The Labute approximate surface area is 284 Å². The SMILES string of the molecule is CCC(CNC(=O)CSC(C)(C)CC(C)(CC)C(C)(C)C=CCC(C)C(C)C)CC(C)C(NC(=O)c1ccccc1O)C(=O)OC. The molecule has 1 rings (SSSR count). The summed E-state index contributed by atoms with van der Waals surface area (Å²) in [7, 11) is 1.29. The molecule has 0 saturated heterocycles. The molecule has 0 bridgehead atoms. The largest absolute Gasteiger partial charge is 0.507 e. The molecule has 8 heteroatoms. The maximum absolute atomic E-state index is 13.0. The van der Waals surface area contributed by atoms with Crippen LogP contribution < -0.4 is 10.6 Å². The summed E-state index contributed by atoms with van der Waals surface area (Å²) in [6, 6.07) is 5.32. The maximum Gasteiger partial charge on any atom is 0.328 e. The van der Waals surface area contributed by atoms with Gasteiger partial charge in [-0.1, -0.05) is 107 Å². The fourth-order valence-electron chi connectivity index (χ4n) is 5.92. The number of para-hydroxylation sites is 1. The minimum atomic E-state index is -0.885. The summed E-state index contributed by atoms with van der Waals surface area (Å²) < 4.78 is 4.90. The third-order valence-corrected chi connectivity index (χ3v) is 11.6. The molecule has 5 unspecified atom stereocenters. The molecule has 0 fully saturated rings. The molecule has 5 atom stereocenters. The molecule has 1 aromatic carbocycles. The van der Waals surface area contributed by atoms with Crippen LogP contribution in [0.25, 0.3) is 0 Å². The highest BCUT2D eigenvalue weighted by molar-refractivity contribution is 8.01. The van der Waals surface area contributed by atoms with Gasteiger partial charge >= 0.3 is 5.97 Å². The summed E-state index contributed by atoms with van der Waals surface area (Å²) >= 11 is 1.70. The van der Waals surface area contributed by atoms with Crippen molar-refractivity contribution in [3.05, 3.63) is 42.0 Å². The molecule has 7 nitrogen and oxygen atoms in total. The minimum absolute atomic E-state index is 0.00146. The number of methoxy groups -OCH3 is 1. The number of esters is 1. The first-order valence-corrected chi connectivity index (χ1v) is 18.1. The van der Waals surface area contributed by atoms with Crippen LogP contribution in [-0.2, 0) is 14.3 Å². The summed E-state index contributed by atoms with van der Waals surface area (Å²) in [6.45, 7) is 25.1. The summed E-state index contributed by atoms with van der Waals surface area (Å²) in [5, 5.41) is 15.9. The zero-order valence-corrected chi connectivity index (χ0v) is 31.6. The number of ether oxygens (including phenoxy) is 1. The lowest BCUT2D eigenvalue weighted by molar-refractivity contribution is -0.144. The number of phenols is 1. The van der Waals surface area contributed by atoms with Gasteiger partial charge in [-0.15, -0.1) is 11.8 Å². The first-order valence-electron chi connectivity index (χ1n) is 17.1. The molecule has 1 aromatic rings. The van der Waals surface area contributed by atoms with Gasteiger partial charge in [0.2, 0.25) is 5.91 Å². The second kappa shape index (κ2) is 18.8. The van der Waals surface area contributed by atoms with Gasteiger partial charge in [0, 0.05) is 11.3 Å². The molecule has 0 radical (unpaired) electrons. The van der Waals surface area contributed by atoms with Crippen LogP contribution >= 0.6 is 11.8 Å². The van der Waals surface area contributed by atoms with Crippen LogP contribution in [0.15, 0.2) is 36.4 Å². The smallest absolute Gasteiger partial charge is 0.328 e. The molecule has 0 spiro atoms. The zero-order chi connectivity index (χ0) is 35.3. The van der Waals surface area contributed by atoms with Crippen LogP contribution in [0, 0.1) is 34.5 Å². The van der Waals surface area contributed by atoms with Crippen molar-refractivity contribution >= 4 is 29.5 Å². The predicted octanol–water partition coefficient (Wildman–Crippen LogP) is 8.42. The Morgan fingerprint density at radius 1 is 1.00 bits per heavy atom. The van der Waals surface area contributed by atoms with Crippen molar-refractivity contribution in [2.45, 2.75) is 119 Å². The van der Waals surface area contributed by atoms with Crippen LogP contribution in [0.1, 0.15) is 119 Å². The fourth-order valence-corrected chi connectivity index (χ4v) is 6.97. The number of phenolic OH excluding ortho intramolecular Hbond substituents is 1. The quantitative estimate of drug-likeness (QED) is 0.0958. The van der Waals surface area contributed by atoms with Crippen LogP contribution in [0.3, 0.4) is 0 Å². The Morgan fingerprint density at radius 3 is 2.17 bits per heavy atom. The number of carbonyl (C=O) groups is 3. The van der Waals surface area contributed by atoms with E-state index in [2.05, 4.69) is 92.0 Å². The van der Waals surface area contributed by atoms with Crippen LogP contribution in [-0.4, -0.2) is 53.1 Å². The third kappa shape index (κ3) is 13.0. The number of hydrogen-bond donors (Lipinski definition) is 3. The number of hydrogen-bond acceptors (Lipinski definition) is 6. The Balaban J connectivity index is 2.77. The number of allylic oxidation sites excluding steroid dienone is 2. The Hall–Kier alpha value is -2.48. The van der Waals surface area contributed by atoms with Gasteiger partial charge < -0.3 is 20.5 Å². The highest BCUT2D eigenvalue weighted by atomic mass is 32.2. The Morgan fingerprint density at radius 2 is 1.63 bits per heavy atom. The molecule has 0 aliphatic heterocycles. The number of rotatable bonds is 20. The van der Waals surface area contributed by atoms with E-state index >= 15 is 0 Å². The van der Waals surface area contributed by atoms with Crippen molar-refractivity contribution in [1.29, 1.82) is 0 Å². The molecule has 0 aliphatic carbocycles. The number of thioether (sulfide) groups is 1. The zero-order valence-electron chi connectivity index (χ0n) is 30.8. The maximum atomic E-state index is 13.0. The molecule has 0 aromatic heterocycles. The molecule has 46 heavy (non-hydrogen) atoms. The summed E-state index contributed by atoms with van der Waals surface area (Å²) in [5.41, 5.74) is 0.192. The number of benzene rings is 1. The van der Waals surface area contributed by atoms with Crippen LogP contribution in [0.4, 0.5) is 0 Å². The minimum Gasteiger partial charge on any atom is -0.507 e. The number of nitrogens with one attached hydrogen (secondary N) is 2. The lowest BCUT2D eigenvalue weighted by Gasteiger charge is -2.46. The number of amides is 2. The average molecular weight is 661 g/mol. The molecule has 0 aliphatic rings. The molecular weight excluding hydrogens is 596 g/mol. The van der Waals surface area contributed by atoms with Crippen molar-refractivity contribution in [2.75, 3.05) is 19.4 Å². The van der Waals surface area contributed by atoms with Gasteiger partial charge in [-0.05, 0) is 72.3 Å². The van der Waals surface area contributed by atoms with Gasteiger partial charge in [0.1, 0.15) is 11.8 Å². The van der Waals surface area contributed by atoms with Crippen molar-refractivity contribution in [3.8, 4) is 5.75 Å². The second-order valence-electron chi connectivity index (χ2n) is 15.0. The number of carbonyl (C=O) groups excluding carboxylic acids is 3. The number of aromatic hydroxyl groups is 1. The van der Waals surface area contributed by atoms with Gasteiger partial charge in [0.15, 0.2) is 0 Å². The van der Waals surface area contributed by atoms with Gasteiger partial charge in [0.25, 0.3) is 5.91 Å². The molecule has 3 N–H and O–H groups in total. The van der Waals surface area contributed by atoms with Crippen molar-refractivity contribution in [3.63, 3.8) is 0 Å². The first-order chi connectivity index (χ1) is 21.3. The van der Waals surface area contributed by atoms with Gasteiger partial charge in [0.05, 0.1) is 18.4 Å². The Bertz CT molecular complexity index is 1150. The highest BCUT2D eigenvalue weighted by Crippen LogP contribution is 2.50. The van der Waals surface area contributed by atoms with Crippen molar-refractivity contribution in [2.24, 2.45) is 34.5 Å². The standard InChI is InChI=1S/C38H64N2O5S/c1-13-29(22-28(6)33(35(44)45-12)40-34(43)30-19-15-16-20-31(30)41)23-39-32(42)24-46-37(9,10)25-38(11,14-2)36(7,8)21-17-18-27(5)26(3)4/h15-17,19-21,26-29,33,41H,13-14,18,22-25H2,1-12H3,(H,39,42)(H,40,43). The van der Waals surface area contributed by atoms with E-state index in [9.17, 15) is 19.5 Å². The predicted molar refractivity (Wildman–Crippen MR) is 193 cm³/mol. The second-order valence-corrected chi connectivity index (χ2v) is 16.7. The molecule has 262 valence electrons. The highest BCUT2D eigenvalue weighted by Gasteiger charge is 2.42. The monoisotopic (exact) mass is 660 g/mol. The summed E-state index contributed by atoms with van der Waals surface area (Å²) in [5.74, 6) is 0.324. The van der Waals surface area contributed by atoms with Gasteiger partial charge in [-0.25, -0.2) is 4.79 Å². The van der Waals surface area contributed by atoms with Gasteiger partial charge in [-0.2, -0.15) is 0 Å². The molecule has 0 heterocycles. The summed E-state index contributed by atoms with van der Waals surface area (Å²) in [6.07, 6.45) is 9.32. The molecule has 2 amide bonds. The van der Waals surface area contributed by atoms with Crippen LogP contribution in [0.2, 0.25) is 0 Å². The van der Waals surface area contributed by atoms with Crippen molar-refractivity contribution < 1.29 is 24.2 Å². The van der Waals surface area contributed by atoms with E-state index in [0.717, 1.165) is 25.7 Å². The Kier molecular flexibility index (Phi) is 16.9. The van der Waals surface area contributed by atoms with E-state index in [0.29, 0.717) is 30.6 Å². The van der Waals surface area contributed by atoms with E-state index in [-0.39, 0.29) is 44.6 Å². The fraction of sp³-hybridized carbons (Fsp3) is 0.711. The first kappa shape index (κ1) is 41.5. The molecular formula is C38H64N2O5S. The lowest BCUT2D eigenvalue weighted by atomic mass is 9.61. The van der Waals surface area contributed by atoms with E-state index < -0.39 is 17.9 Å². The third-order valence-electron chi connectivity index (χ3n) is 10.3. The van der Waals surface area contributed by atoms with Crippen LogP contribution in [0.5, 0.6) is 5.75 Å². The normalized spacial score (nSPS) is 16.4. The van der Waals surface area contributed by atoms with E-state index in [1.54, 1.807) is 23.9 Å². The lowest BCUT2D eigenvalue weighted by Crippen LogP contribution is -2.46. The van der Waals surface area contributed by atoms with Crippen molar-refractivity contribution in [1.82, 2.24) is 10.6 Å². The average Bonchev–Trinajstić information content (AvgIpc) is 2.99. The van der Waals surface area contributed by atoms with E-state index in [1.165, 1.54) is 19.2 Å².